The number of aliphatic carboxylic acids is 1. The number of hydrogen-bond donors (Lipinski definition) is 2. The predicted octanol–water partition coefficient (Wildman–Crippen LogP) is 1.54. The van der Waals surface area contributed by atoms with Crippen LogP contribution in [0, 0.1) is 11.8 Å². The third kappa shape index (κ3) is 1.83. The number of ether oxygens (including phenoxy) is 1. The first-order valence-corrected chi connectivity index (χ1v) is 5.32. The topological polar surface area (TPSA) is 72.5 Å². The summed E-state index contributed by atoms with van der Waals surface area (Å²) in [6.45, 7) is 2.16. The standard InChI is InChI=1S/C12H15NO3/c1-7(12(14)15)8-5-9-10(13)3-2-4-11(9)16-6-8/h2-4,7-8H,5-6,13H2,1H3,(H,14,15). The molecule has 1 aromatic carbocycles. The fourth-order valence-corrected chi connectivity index (χ4v) is 1.98. The highest BCUT2D eigenvalue weighted by atomic mass is 16.5. The molecule has 0 aromatic heterocycles. The highest BCUT2D eigenvalue weighted by molar-refractivity contribution is 5.70. The Morgan fingerprint density at radius 3 is 3.06 bits per heavy atom. The monoisotopic (exact) mass is 221 g/mol. The van der Waals surface area contributed by atoms with E-state index in [9.17, 15) is 4.79 Å². The molecule has 16 heavy (non-hydrogen) atoms. The number of fused-ring (bicyclic) bond motifs is 1. The maximum Gasteiger partial charge on any atom is 0.306 e. The van der Waals surface area contributed by atoms with Crippen LogP contribution in [-0.2, 0) is 11.2 Å². The second-order valence-corrected chi connectivity index (χ2v) is 4.23. The van der Waals surface area contributed by atoms with Crippen LogP contribution in [0.4, 0.5) is 5.69 Å². The van der Waals surface area contributed by atoms with E-state index < -0.39 is 11.9 Å². The van der Waals surface area contributed by atoms with Crippen LogP contribution in [0.25, 0.3) is 0 Å². The van der Waals surface area contributed by atoms with Crippen LogP contribution in [0.2, 0.25) is 0 Å². The molecule has 86 valence electrons. The smallest absolute Gasteiger partial charge is 0.306 e. The van der Waals surface area contributed by atoms with E-state index in [0.717, 1.165) is 11.3 Å². The van der Waals surface area contributed by atoms with Gasteiger partial charge in [0.1, 0.15) is 5.75 Å². The van der Waals surface area contributed by atoms with Crippen molar-refractivity contribution in [2.24, 2.45) is 11.8 Å². The largest absolute Gasteiger partial charge is 0.493 e. The Morgan fingerprint density at radius 1 is 1.62 bits per heavy atom. The van der Waals surface area contributed by atoms with Crippen LogP contribution >= 0.6 is 0 Å². The van der Waals surface area contributed by atoms with Gasteiger partial charge >= 0.3 is 5.97 Å². The molecule has 1 aromatic rings. The molecular formula is C12H15NO3. The zero-order valence-corrected chi connectivity index (χ0v) is 9.14. The Hall–Kier alpha value is -1.71. The van der Waals surface area contributed by atoms with E-state index in [0.29, 0.717) is 18.7 Å². The molecule has 4 nitrogen and oxygen atoms in total. The molecule has 0 spiro atoms. The molecule has 0 fully saturated rings. The summed E-state index contributed by atoms with van der Waals surface area (Å²) >= 11 is 0. The van der Waals surface area contributed by atoms with Gasteiger partial charge in [-0.25, -0.2) is 0 Å². The number of hydrogen-bond acceptors (Lipinski definition) is 3. The molecule has 0 saturated heterocycles. The summed E-state index contributed by atoms with van der Waals surface area (Å²) in [5, 5.41) is 8.96. The van der Waals surface area contributed by atoms with E-state index in [1.165, 1.54) is 0 Å². The molecule has 2 unspecified atom stereocenters. The number of carboxylic acids is 1. The molecule has 1 heterocycles. The van der Waals surface area contributed by atoms with Gasteiger partial charge in [0.15, 0.2) is 0 Å². The van der Waals surface area contributed by atoms with Gasteiger partial charge in [0, 0.05) is 17.2 Å². The van der Waals surface area contributed by atoms with Crippen molar-refractivity contribution in [3.05, 3.63) is 23.8 Å². The summed E-state index contributed by atoms with van der Waals surface area (Å²) in [6, 6.07) is 5.53. The predicted molar refractivity (Wildman–Crippen MR) is 60.3 cm³/mol. The fourth-order valence-electron chi connectivity index (χ4n) is 1.98. The lowest BCUT2D eigenvalue weighted by Gasteiger charge is -2.28. The summed E-state index contributed by atoms with van der Waals surface area (Å²) in [7, 11) is 0. The van der Waals surface area contributed by atoms with E-state index in [1.807, 2.05) is 18.2 Å². The molecular weight excluding hydrogens is 206 g/mol. The average Bonchev–Trinajstić information content (AvgIpc) is 2.28. The molecule has 0 saturated carbocycles. The van der Waals surface area contributed by atoms with Crippen LogP contribution in [-0.4, -0.2) is 17.7 Å². The summed E-state index contributed by atoms with van der Waals surface area (Å²) < 4.78 is 5.54. The van der Waals surface area contributed by atoms with Gasteiger partial charge in [0.25, 0.3) is 0 Å². The second kappa shape index (κ2) is 4.04. The van der Waals surface area contributed by atoms with E-state index in [1.54, 1.807) is 6.92 Å². The van der Waals surface area contributed by atoms with Gasteiger partial charge < -0.3 is 15.6 Å². The Kier molecular flexibility index (Phi) is 2.73. The van der Waals surface area contributed by atoms with Crippen molar-refractivity contribution in [3.63, 3.8) is 0 Å². The van der Waals surface area contributed by atoms with Crippen LogP contribution in [0.5, 0.6) is 5.75 Å². The van der Waals surface area contributed by atoms with Gasteiger partial charge in [-0.3, -0.25) is 4.79 Å². The third-order valence-corrected chi connectivity index (χ3v) is 3.19. The maximum atomic E-state index is 10.9. The highest BCUT2D eigenvalue weighted by Gasteiger charge is 2.29. The first kappa shape index (κ1) is 10.8. The number of nitrogens with two attached hydrogens (primary N) is 1. The molecule has 2 atom stereocenters. The van der Waals surface area contributed by atoms with Crippen molar-refractivity contribution in [3.8, 4) is 5.75 Å². The van der Waals surface area contributed by atoms with Crippen LogP contribution in [0.3, 0.4) is 0 Å². The number of benzene rings is 1. The molecule has 0 radical (unpaired) electrons. The minimum atomic E-state index is -0.786. The molecule has 2 rings (SSSR count). The minimum Gasteiger partial charge on any atom is -0.493 e. The Morgan fingerprint density at radius 2 is 2.38 bits per heavy atom. The van der Waals surface area contributed by atoms with Gasteiger partial charge in [-0.2, -0.15) is 0 Å². The van der Waals surface area contributed by atoms with Crippen LogP contribution < -0.4 is 10.5 Å². The zero-order valence-electron chi connectivity index (χ0n) is 9.14. The fraction of sp³-hybridized carbons (Fsp3) is 0.417. The van der Waals surface area contributed by atoms with Crippen molar-refractivity contribution >= 4 is 11.7 Å². The van der Waals surface area contributed by atoms with Crippen molar-refractivity contribution in [2.45, 2.75) is 13.3 Å². The maximum absolute atomic E-state index is 10.9. The molecule has 4 heteroatoms. The third-order valence-electron chi connectivity index (χ3n) is 3.19. The molecule has 1 aliphatic heterocycles. The van der Waals surface area contributed by atoms with Crippen LogP contribution in [0.15, 0.2) is 18.2 Å². The highest BCUT2D eigenvalue weighted by Crippen LogP contribution is 2.34. The number of rotatable bonds is 2. The Bertz CT molecular complexity index is 417. The van der Waals surface area contributed by atoms with E-state index in [-0.39, 0.29) is 5.92 Å². The van der Waals surface area contributed by atoms with Gasteiger partial charge in [0.2, 0.25) is 0 Å². The van der Waals surface area contributed by atoms with Gasteiger partial charge in [-0.1, -0.05) is 13.0 Å². The van der Waals surface area contributed by atoms with E-state index in [4.69, 9.17) is 15.6 Å². The van der Waals surface area contributed by atoms with Gasteiger partial charge in [-0.15, -0.1) is 0 Å². The SMILES string of the molecule is CC(C(=O)O)C1COc2cccc(N)c2C1. The summed E-state index contributed by atoms with van der Waals surface area (Å²) in [6.07, 6.45) is 0.676. The Balaban J connectivity index is 2.23. The number of carbonyl (C=O) groups is 1. The number of anilines is 1. The van der Waals surface area contributed by atoms with E-state index in [2.05, 4.69) is 0 Å². The molecule has 0 amide bonds. The van der Waals surface area contributed by atoms with Crippen molar-refractivity contribution in [1.82, 2.24) is 0 Å². The van der Waals surface area contributed by atoms with Crippen molar-refractivity contribution < 1.29 is 14.6 Å². The molecule has 0 aliphatic carbocycles. The van der Waals surface area contributed by atoms with E-state index >= 15 is 0 Å². The molecule has 1 aliphatic rings. The first-order valence-electron chi connectivity index (χ1n) is 5.32. The quantitative estimate of drug-likeness (QED) is 0.743. The van der Waals surface area contributed by atoms with Crippen molar-refractivity contribution in [1.29, 1.82) is 0 Å². The summed E-state index contributed by atoms with van der Waals surface area (Å²) in [4.78, 5) is 10.9. The average molecular weight is 221 g/mol. The second-order valence-electron chi connectivity index (χ2n) is 4.23. The van der Waals surface area contributed by atoms with Gasteiger partial charge in [-0.05, 0) is 18.6 Å². The van der Waals surface area contributed by atoms with Gasteiger partial charge in [0.05, 0.1) is 12.5 Å². The normalized spacial score (nSPS) is 20.7. The number of carboxylic acid groups (broad SMARTS) is 1. The number of nitrogen functional groups attached to an aromatic ring is 1. The van der Waals surface area contributed by atoms with Crippen molar-refractivity contribution in [2.75, 3.05) is 12.3 Å². The van der Waals surface area contributed by atoms with Crippen LogP contribution in [0.1, 0.15) is 12.5 Å². The first-order chi connectivity index (χ1) is 7.59. The molecule has 0 bridgehead atoms. The summed E-state index contributed by atoms with van der Waals surface area (Å²) in [5.74, 6) is -0.414. The lowest BCUT2D eigenvalue weighted by atomic mass is 9.86. The zero-order chi connectivity index (χ0) is 11.7. The summed E-state index contributed by atoms with van der Waals surface area (Å²) in [5.41, 5.74) is 7.47. The molecule has 3 N–H and O–H groups in total. The lowest BCUT2D eigenvalue weighted by Crippen LogP contribution is -2.31. The Labute approximate surface area is 94.0 Å². The lowest BCUT2D eigenvalue weighted by molar-refractivity contribution is -0.143. The minimum absolute atomic E-state index is 0.00491.